The average Bonchev–Trinajstić information content (AvgIpc) is 3.52. The molecule has 0 N–H and O–H groups in total. The summed E-state index contributed by atoms with van der Waals surface area (Å²) in [6.07, 6.45) is 8.08. The Morgan fingerprint density at radius 3 is 2.57 bits per heavy atom. The highest BCUT2D eigenvalue weighted by Gasteiger charge is 2.33. The maximum absolute atomic E-state index is 13.2. The van der Waals surface area contributed by atoms with Gasteiger partial charge in [-0.1, -0.05) is 30.3 Å². The van der Waals surface area contributed by atoms with Crippen molar-refractivity contribution >= 4 is 17.9 Å². The monoisotopic (exact) mass is 409 g/mol. The van der Waals surface area contributed by atoms with Crippen molar-refractivity contribution in [2.45, 2.75) is 31.8 Å². The fourth-order valence-corrected chi connectivity index (χ4v) is 3.40. The second-order valence-electron chi connectivity index (χ2n) is 7.71. The van der Waals surface area contributed by atoms with Gasteiger partial charge in [-0.25, -0.2) is 0 Å². The molecule has 160 valence electrons. The standard InChI is InChI=1S/C24H31N3O3/c1-25-15-6-10-22(25)18-27(21-12-13-21)24(29)19-26(16-7-17-30-2)23(28)14-11-20-8-4-3-5-9-20/h3-6,8-11,14-15,21H,7,12-13,16-19H2,1-2H3. The first kappa shape index (κ1) is 21.8. The molecule has 0 aliphatic heterocycles. The van der Waals surface area contributed by atoms with E-state index in [1.54, 1.807) is 24.2 Å². The van der Waals surface area contributed by atoms with Crippen LogP contribution in [0.2, 0.25) is 0 Å². The Morgan fingerprint density at radius 2 is 1.93 bits per heavy atom. The Kier molecular flexibility index (Phi) is 7.85. The van der Waals surface area contributed by atoms with Crippen LogP contribution in [0.3, 0.4) is 0 Å². The van der Waals surface area contributed by atoms with Crippen LogP contribution in [0.4, 0.5) is 0 Å². The Labute approximate surface area is 178 Å². The number of carbonyl (C=O) groups is 2. The summed E-state index contributed by atoms with van der Waals surface area (Å²) in [5.74, 6) is -0.157. The van der Waals surface area contributed by atoms with Crippen LogP contribution in [0.5, 0.6) is 0 Å². The molecule has 1 heterocycles. The molecule has 6 nitrogen and oxygen atoms in total. The van der Waals surface area contributed by atoms with Crippen LogP contribution in [0, 0.1) is 0 Å². The van der Waals surface area contributed by atoms with Gasteiger partial charge in [0.15, 0.2) is 0 Å². The Morgan fingerprint density at radius 1 is 1.17 bits per heavy atom. The van der Waals surface area contributed by atoms with Gasteiger partial charge in [-0.15, -0.1) is 0 Å². The predicted octanol–water partition coefficient (Wildman–Crippen LogP) is 3.09. The van der Waals surface area contributed by atoms with Crippen molar-refractivity contribution in [1.82, 2.24) is 14.4 Å². The largest absolute Gasteiger partial charge is 0.385 e. The summed E-state index contributed by atoms with van der Waals surface area (Å²) in [5.41, 5.74) is 2.05. The number of hydrogen-bond donors (Lipinski definition) is 0. The fourth-order valence-electron chi connectivity index (χ4n) is 3.40. The Bertz CT molecular complexity index is 856. The first-order chi connectivity index (χ1) is 14.6. The molecule has 0 unspecified atom stereocenters. The second kappa shape index (κ2) is 10.8. The van der Waals surface area contributed by atoms with E-state index >= 15 is 0 Å². The minimum Gasteiger partial charge on any atom is -0.385 e. The number of rotatable bonds is 11. The molecule has 0 bridgehead atoms. The van der Waals surface area contributed by atoms with E-state index in [0.29, 0.717) is 26.1 Å². The third-order valence-corrected chi connectivity index (χ3v) is 5.32. The van der Waals surface area contributed by atoms with Crippen LogP contribution >= 0.6 is 0 Å². The molecule has 3 rings (SSSR count). The fraction of sp³-hybridized carbons (Fsp3) is 0.417. The van der Waals surface area contributed by atoms with E-state index in [1.807, 2.05) is 65.2 Å². The van der Waals surface area contributed by atoms with E-state index in [4.69, 9.17) is 4.74 Å². The molecule has 0 saturated heterocycles. The van der Waals surface area contributed by atoms with E-state index in [0.717, 1.165) is 24.1 Å². The van der Waals surface area contributed by atoms with Gasteiger partial charge >= 0.3 is 0 Å². The average molecular weight is 410 g/mol. The van der Waals surface area contributed by atoms with Gasteiger partial charge < -0.3 is 19.1 Å². The molecule has 1 aliphatic carbocycles. The van der Waals surface area contributed by atoms with Gasteiger partial charge in [0.2, 0.25) is 11.8 Å². The van der Waals surface area contributed by atoms with E-state index in [1.165, 1.54) is 0 Å². The molecular weight excluding hydrogens is 378 g/mol. The zero-order chi connectivity index (χ0) is 21.3. The van der Waals surface area contributed by atoms with Gasteiger partial charge in [0.05, 0.1) is 6.54 Å². The SMILES string of the molecule is COCCCN(CC(=O)N(Cc1cccn1C)C1CC1)C(=O)C=Cc1ccccc1. The minimum absolute atomic E-state index is 0.00224. The van der Waals surface area contributed by atoms with Gasteiger partial charge in [-0.05, 0) is 43.0 Å². The first-order valence-corrected chi connectivity index (χ1v) is 10.5. The number of aromatic nitrogens is 1. The molecule has 1 aliphatic rings. The highest BCUT2D eigenvalue weighted by Crippen LogP contribution is 2.28. The summed E-state index contributed by atoms with van der Waals surface area (Å²) < 4.78 is 7.17. The molecule has 1 aromatic carbocycles. The smallest absolute Gasteiger partial charge is 0.247 e. The molecule has 1 fully saturated rings. The number of hydrogen-bond acceptors (Lipinski definition) is 3. The van der Waals surface area contributed by atoms with Crippen LogP contribution < -0.4 is 0 Å². The van der Waals surface area contributed by atoms with Crippen LogP contribution in [-0.2, 0) is 27.9 Å². The second-order valence-corrected chi connectivity index (χ2v) is 7.71. The highest BCUT2D eigenvalue weighted by molar-refractivity contribution is 5.94. The van der Waals surface area contributed by atoms with Gasteiger partial charge in [-0.3, -0.25) is 9.59 Å². The third-order valence-electron chi connectivity index (χ3n) is 5.32. The minimum atomic E-state index is -0.155. The van der Waals surface area contributed by atoms with Crippen LogP contribution in [0.25, 0.3) is 6.08 Å². The molecule has 2 aromatic rings. The zero-order valence-corrected chi connectivity index (χ0v) is 17.9. The van der Waals surface area contributed by atoms with Crippen molar-refractivity contribution in [1.29, 1.82) is 0 Å². The quantitative estimate of drug-likeness (QED) is 0.423. The molecule has 2 amide bonds. The van der Waals surface area contributed by atoms with E-state index in [2.05, 4.69) is 0 Å². The van der Waals surface area contributed by atoms with Crippen molar-refractivity contribution in [3.8, 4) is 0 Å². The molecule has 0 spiro atoms. The molecule has 1 saturated carbocycles. The number of nitrogens with zero attached hydrogens (tertiary/aromatic N) is 3. The zero-order valence-electron chi connectivity index (χ0n) is 17.9. The summed E-state index contributed by atoms with van der Waals surface area (Å²) in [6, 6.07) is 14.0. The summed E-state index contributed by atoms with van der Waals surface area (Å²) in [6.45, 7) is 1.70. The molecule has 1 aromatic heterocycles. The van der Waals surface area contributed by atoms with E-state index in [-0.39, 0.29) is 24.4 Å². The Balaban J connectivity index is 1.67. The molecule has 6 heteroatoms. The maximum Gasteiger partial charge on any atom is 0.247 e. The maximum atomic E-state index is 13.2. The van der Waals surface area contributed by atoms with Gasteiger partial charge in [-0.2, -0.15) is 0 Å². The summed E-state index contributed by atoms with van der Waals surface area (Å²) >= 11 is 0. The van der Waals surface area contributed by atoms with Crippen LogP contribution in [0.15, 0.2) is 54.7 Å². The predicted molar refractivity (Wildman–Crippen MR) is 118 cm³/mol. The first-order valence-electron chi connectivity index (χ1n) is 10.5. The molecule has 0 atom stereocenters. The normalized spacial score (nSPS) is 13.5. The summed E-state index contributed by atoms with van der Waals surface area (Å²) in [7, 11) is 3.63. The number of methoxy groups -OCH3 is 1. The third kappa shape index (κ3) is 6.32. The number of aryl methyl sites for hydroxylation is 1. The molecular formula is C24H31N3O3. The van der Waals surface area contributed by atoms with Crippen molar-refractivity contribution in [2.75, 3.05) is 26.8 Å². The van der Waals surface area contributed by atoms with Gasteiger partial charge in [0.25, 0.3) is 0 Å². The van der Waals surface area contributed by atoms with Crippen LogP contribution in [-0.4, -0.2) is 59.0 Å². The lowest BCUT2D eigenvalue weighted by Gasteiger charge is -2.27. The lowest BCUT2D eigenvalue weighted by atomic mass is 10.2. The summed E-state index contributed by atoms with van der Waals surface area (Å²) in [4.78, 5) is 29.5. The van der Waals surface area contributed by atoms with Gasteiger partial charge in [0.1, 0.15) is 6.54 Å². The molecule has 30 heavy (non-hydrogen) atoms. The lowest BCUT2D eigenvalue weighted by Crippen LogP contribution is -2.43. The van der Waals surface area contributed by atoms with Crippen LogP contribution in [0.1, 0.15) is 30.5 Å². The topological polar surface area (TPSA) is 54.8 Å². The van der Waals surface area contributed by atoms with E-state index in [9.17, 15) is 9.59 Å². The number of benzene rings is 1. The van der Waals surface area contributed by atoms with E-state index < -0.39 is 0 Å². The van der Waals surface area contributed by atoms with Crippen molar-refractivity contribution in [3.05, 3.63) is 66.0 Å². The number of carbonyl (C=O) groups excluding carboxylic acids is 2. The number of amides is 2. The van der Waals surface area contributed by atoms with Crippen molar-refractivity contribution in [2.24, 2.45) is 7.05 Å². The van der Waals surface area contributed by atoms with Crippen molar-refractivity contribution < 1.29 is 14.3 Å². The van der Waals surface area contributed by atoms with Gasteiger partial charge in [0, 0.05) is 51.3 Å². The number of ether oxygens (including phenoxy) is 1. The molecule has 0 radical (unpaired) electrons. The Hall–Kier alpha value is -2.86. The summed E-state index contributed by atoms with van der Waals surface area (Å²) in [5, 5.41) is 0. The highest BCUT2D eigenvalue weighted by atomic mass is 16.5. The van der Waals surface area contributed by atoms with Crippen molar-refractivity contribution in [3.63, 3.8) is 0 Å². The lowest BCUT2D eigenvalue weighted by molar-refractivity contribution is -0.139.